The summed E-state index contributed by atoms with van der Waals surface area (Å²) in [5.41, 5.74) is 1.74. The molecule has 124 valence electrons. The molecule has 1 fully saturated rings. The molecule has 0 radical (unpaired) electrons. The van der Waals surface area contributed by atoms with Crippen LogP contribution in [-0.4, -0.2) is 38.9 Å². The third-order valence-corrected chi connectivity index (χ3v) is 4.56. The highest BCUT2D eigenvalue weighted by atomic mass is 16.3. The number of unbranched alkanes of at least 4 members (excludes halogenated alkanes) is 1. The van der Waals surface area contributed by atoms with Crippen molar-refractivity contribution in [2.45, 2.75) is 52.0 Å². The molecular formula is C17H24N4O2. The van der Waals surface area contributed by atoms with Crippen molar-refractivity contribution < 1.29 is 9.21 Å². The molecule has 1 aliphatic heterocycles. The number of aromatic nitrogens is 3. The Kier molecular flexibility index (Phi) is 4.79. The molecule has 0 spiro atoms. The van der Waals surface area contributed by atoms with Crippen molar-refractivity contribution in [1.82, 2.24) is 19.9 Å². The minimum Gasteiger partial charge on any atom is -0.469 e. The van der Waals surface area contributed by atoms with Crippen LogP contribution >= 0.6 is 0 Å². The fourth-order valence-electron chi connectivity index (χ4n) is 3.07. The zero-order valence-electron chi connectivity index (χ0n) is 13.9. The van der Waals surface area contributed by atoms with Gasteiger partial charge in [-0.25, -0.2) is 4.68 Å². The molecule has 1 amide bonds. The van der Waals surface area contributed by atoms with Crippen molar-refractivity contribution in [3.05, 3.63) is 35.5 Å². The van der Waals surface area contributed by atoms with Gasteiger partial charge in [0.1, 0.15) is 5.76 Å². The van der Waals surface area contributed by atoms with Gasteiger partial charge in [-0.1, -0.05) is 18.6 Å². The lowest BCUT2D eigenvalue weighted by Gasteiger charge is -2.31. The van der Waals surface area contributed by atoms with Crippen LogP contribution in [0.2, 0.25) is 0 Å². The second kappa shape index (κ2) is 6.98. The van der Waals surface area contributed by atoms with Crippen LogP contribution in [0.1, 0.15) is 60.5 Å². The van der Waals surface area contributed by atoms with Crippen molar-refractivity contribution in [3.63, 3.8) is 0 Å². The fraction of sp³-hybridized carbons (Fsp3) is 0.588. The molecule has 0 bridgehead atoms. The predicted octanol–water partition coefficient (Wildman–Crippen LogP) is 3.00. The van der Waals surface area contributed by atoms with E-state index >= 15 is 0 Å². The summed E-state index contributed by atoms with van der Waals surface area (Å²) in [6.45, 7) is 5.50. The SMILES string of the molecule is CCCCc1cn(C2CCN(C(=O)c3ccoc3C)CC2)nn1. The maximum atomic E-state index is 12.5. The summed E-state index contributed by atoms with van der Waals surface area (Å²) < 4.78 is 7.21. The molecule has 0 atom stereocenters. The van der Waals surface area contributed by atoms with E-state index in [4.69, 9.17) is 4.42 Å². The van der Waals surface area contributed by atoms with Crippen LogP contribution in [-0.2, 0) is 6.42 Å². The Morgan fingerprint density at radius 2 is 2.17 bits per heavy atom. The number of amides is 1. The van der Waals surface area contributed by atoms with Gasteiger partial charge in [-0.15, -0.1) is 5.10 Å². The van der Waals surface area contributed by atoms with Crippen LogP contribution in [0.15, 0.2) is 22.9 Å². The second-order valence-corrected chi connectivity index (χ2v) is 6.21. The quantitative estimate of drug-likeness (QED) is 0.850. The van der Waals surface area contributed by atoms with Crippen molar-refractivity contribution in [3.8, 4) is 0 Å². The number of carbonyl (C=O) groups is 1. The molecule has 3 heterocycles. The average Bonchev–Trinajstić information content (AvgIpc) is 3.21. The zero-order valence-corrected chi connectivity index (χ0v) is 13.9. The number of piperidine rings is 1. The van der Waals surface area contributed by atoms with E-state index in [1.54, 1.807) is 12.3 Å². The number of furan rings is 1. The lowest BCUT2D eigenvalue weighted by Crippen LogP contribution is -2.39. The molecule has 0 N–H and O–H groups in total. The van der Waals surface area contributed by atoms with Crippen LogP contribution < -0.4 is 0 Å². The standard InChI is InChI=1S/C17H24N4O2/c1-3-4-5-14-12-21(19-18-14)15-6-9-20(10-7-15)17(22)16-8-11-23-13(16)2/h8,11-12,15H,3-7,9-10H2,1-2H3. The summed E-state index contributed by atoms with van der Waals surface area (Å²) >= 11 is 0. The molecular weight excluding hydrogens is 292 g/mol. The van der Waals surface area contributed by atoms with Crippen LogP contribution in [0.3, 0.4) is 0 Å². The second-order valence-electron chi connectivity index (χ2n) is 6.21. The van der Waals surface area contributed by atoms with Crippen molar-refractivity contribution in [1.29, 1.82) is 0 Å². The maximum absolute atomic E-state index is 12.5. The summed E-state index contributed by atoms with van der Waals surface area (Å²) in [6, 6.07) is 2.09. The number of aryl methyl sites for hydroxylation is 2. The topological polar surface area (TPSA) is 64.2 Å². The van der Waals surface area contributed by atoms with E-state index in [1.807, 2.05) is 16.5 Å². The van der Waals surface area contributed by atoms with E-state index in [0.717, 1.165) is 44.5 Å². The summed E-state index contributed by atoms with van der Waals surface area (Å²) in [4.78, 5) is 14.4. The largest absolute Gasteiger partial charge is 0.469 e. The predicted molar refractivity (Wildman–Crippen MR) is 86.3 cm³/mol. The fourth-order valence-corrected chi connectivity index (χ4v) is 3.07. The van der Waals surface area contributed by atoms with Crippen LogP contribution in [0.25, 0.3) is 0 Å². The summed E-state index contributed by atoms with van der Waals surface area (Å²) in [5.74, 6) is 0.755. The van der Waals surface area contributed by atoms with Gasteiger partial charge < -0.3 is 9.32 Å². The van der Waals surface area contributed by atoms with Gasteiger partial charge in [0.05, 0.1) is 23.6 Å². The number of hydrogen-bond acceptors (Lipinski definition) is 4. The summed E-state index contributed by atoms with van der Waals surface area (Å²) in [5, 5.41) is 8.53. The van der Waals surface area contributed by atoms with Gasteiger partial charge in [0.15, 0.2) is 0 Å². The van der Waals surface area contributed by atoms with Crippen molar-refractivity contribution in [2.24, 2.45) is 0 Å². The molecule has 23 heavy (non-hydrogen) atoms. The molecule has 0 saturated carbocycles. The third kappa shape index (κ3) is 3.46. The Hall–Kier alpha value is -2.11. The highest BCUT2D eigenvalue weighted by Crippen LogP contribution is 2.24. The van der Waals surface area contributed by atoms with E-state index < -0.39 is 0 Å². The van der Waals surface area contributed by atoms with Gasteiger partial charge >= 0.3 is 0 Å². The van der Waals surface area contributed by atoms with Crippen LogP contribution in [0.5, 0.6) is 0 Å². The highest BCUT2D eigenvalue weighted by Gasteiger charge is 2.26. The van der Waals surface area contributed by atoms with Gasteiger partial charge in [-0.3, -0.25) is 4.79 Å². The third-order valence-electron chi connectivity index (χ3n) is 4.56. The Labute approximate surface area is 136 Å². The molecule has 6 heteroatoms. The summed E-state index contributed by atoms with van der Waals surface area (Å²) in [7, 11) is 0. The molecule has 0 unspecified atom stereocenters. The normalized spacial score (nSPS) is 16.0. The molecule has 0 aromatic carbocycles. The average molecular weight is 316 g/mol. The molecule has 3 rings (SSSR count). The Balaban J connectivity index is 1.57. The molecule has 1 saturated heterocycles. The molecule has 0 aliphatic carbocycles. The van der Waals surface area contributed by atoms with Crippen LogP contribution in [0, 0.1) is 6.92 Å². The number of hydrogen-bond donors (Lipinski definition) is 0. The molecule has 2 aromatic heterocycles. The van der Waals surface area contributed by atoms with Gasteiger partial charge in [0, 0.05) is 19.3 Å². The van der Waals surface area contributed by atoms with Crippen molar-refractivity contribution >= 4 is 5.91 Å². The number of nitrogens with zero attached hydrogens (tertiary/aromatic N) is 4. The van der Waals surface area contributed by atoms with Gasteiger partial charge in [0.25, 0.3) is 5.91 Å². The lowest BCUT2D eigenvalue weighted by atomic mass is 10.0. The molecule has 6 nitrogen and oxygen atoms in total. The van der Waals surface area contributed by atoms with Crippen molar-refractivity contribution in [2.75, 3.05) is 13.1 Å². The van der Waals surface area contributed by atoms with Gasteiger partial charge in [0.2, 0.25) is 0 Å². The Bertz CT molecular complexity index is 653. The minimum absolute atomic E-state index is 0.0666. The maximum Gasteiger partial charge on any atom is 0.257 e. The molecule has 2 aromatic rings. The Morgan fingerprint density at radius 1 is 1.39 bits per heavy atom. The molecule has 1 aliphatic rings. The lowest BCUT2D eigenvalue weighted by molar-refractivity contribution is 0.0687. The van der Waals surface area contributed by atoms with Crippen LogP contribution in [0.4, 0.5) is 0 Å². The monoisotopic (exact) mass is 316 g/mol. The van der Waals surface area contributed by atoms with Gasteiger partial charge in [-0.2, -0.15) is 0 Å². The highest BCUT2D eigenvalue weighted by molar-refractivity contribution is 5.95. The van der Waals surface area contributed by atoms with Gasteiger partial charge in [-0.05, 0) is 38.7 Å². The van der Waals surface area contributed by atoms with E-state index in [9.17, 15) is 4.79 Å². The number of rotatable bonds is 5. The first-order valence-corrected chi connectivity index (χ1v) is 8.43. The first-order valence-electron chi connectivity index (χ1n) is 8.43. The number of likely N-dealkylation sites (tertiary alicyclic amines) is 1. The first-order chi connectivity index (χ1) is 11.2. The minimum atomic E-state index is 0.0666. The first kappa shape index (κ1) is 15.8. The van der Waals surface area contributed by atoms with E-state index in [2.05, 4.69) is 23.4 Å². The van der Waals surface area contributed by atoms with E-state index in [0.29, 0.717) is 17.4 Å². The zero-order chi connectivity index (χ0) is 16.2. The smallest absolute Gasteiger partial charge is 0.257 e. The van der Waals surface area contributed by atoms with E-state index in [-0.39, 0.29) is 5.91 Å². The summed E-state index contributed by atoms with van der Waals surface area (Å²) in [6.07, 6.45) is 8.78. The number of carbonyl (C=O) groups excluding carboxylic acids is 1. The van der Waals surface area contributed by atoms with E-state index in [1.165, 1.54) is 6.42 Å². The Morgan fingerprint density at radius 3 is 2.83 bits per heavy atom.